The Labute approximate surface area is 134 Å². The van der Waals surface area contributed by atoms with Crippen molar-refractivity contribution in [3.63, 3.8) is 0 Å². The van der Waals surface area contributed by atoms with Gasteiger partial charge in [0.05, 0.1) is 16.9 Å². The van der Waals surface area contributed by atoms with Crippen molar-refractivity contribution < 1.29 is 19.6 Å². The van der Waals surface area contributed by atoms with E-state index in [0.717, 1.165) is 0 Å². The first-order chi connectivity index (χ1) is 10.6. The molecule has 0 aliphatic rings. The minimum atomic E-state index is -0.980. The van der Waals surface area contributed by atoms with Crippen LogP contribution in [0.5, 0.6) is 0 Å². The molecule has 23 heavy (non-hydrogen) atoms. The summed E-state index contributed by atoms with van der Waals surface area (Å²) in [6.07, 6.45) is 0. The van der Waals surface area contributed by atoms with Crippen molar-refractivity contribution in [2.75, 3.05) is 13.6 Å². The van der Waals surface area contributed by atoms with Gasteiger partial charge in [0, 0.05) is 25.2 Å². The van der Waals surface area contributed by atoms with Crippen LogP contribution >= 0.6 is 0 Å². The highest BCUT2D eigenvalue weighted by atomic mass is 16.6. The number of aliphatic carboxylic acids is 1. The molecular formula is C15H21N3O5. The molecule has 1 aromatic carbocycles. The summed E-state index contributed by atoms with van der Waals surface area (Å²) in [5, 5.41) is 22.5. The lowest BCUT2D eigenvalue weighted by Gasteiger charge is -2.23. The fraction of sp³-hybridized carbons (Fsp3) is 0.467. The average Bonchev–Trinajstić information content (AvgIpc) is 2.46. The smallest absolute Gasteiger partial charge is 0.317 e. The maximum absolute atomic E-state index is 12.1. The zero-order valence-electron chi connectivity index (χ0n) is 13.6. The van der Waals surface area contributed by atoms with Crippen LogP contribution in [0.3, 0.4) is 0 Å². The standard InChI is InChI=1S/C15H21N3O5/c1-9-5-6-12(7-13(9)18(22)23)11(3)16-15(21)17(4)8-10(2)14(19)20/h5-7,10-11H,8H2,1-4H3,(H,16,21)(H,19,20). The largest absolute Gasteiger partial charge is 0.481 e. The van der Waals surface area contributed by atoms with E-state index >= 15 is 0 Å². The van der Waals surface area contributed by atoms with Gasteiger partial charge in [0.15, 0.2) is 0 Å². The molecule has 2 unspecified atom stereocenters. The summed E-state index contributed by atoms with van der Waals surface area (Å²) in [6.45, 7) is 4.94. The van der Waals surface area contributed by atoms with Gasteiger partial charge < -0.3 is 15.3 Å². The molecule has 126 valence electrons. The third-order valence-corrected chi connectivity index (χ3v) is 3.59. The third-order valence-electron chi connectivity index (χ3n) is 3.59. The van der Waals surface area contributed by atoms with E-state index in [1.54, 1.807) is 26.0 Å². The van der Waals surface area contributed by atoms with Gasteiger partial charge in [0.1, 0.15) is 0 Å². The first kappa shape index (κ1) is 18.4. The molecule has 0 saturated heterocycles. The molecule has 1 rings (SSSR count). The molecule has 8 heteroatoms. The van der Waals surface area contributed by atoms with Gasteiger partial charge in [-0.25, -0.2) is 4.79 Å². The van der Waals surface area contributed by atoms with Gasteiger partial charge in [-0.15, -0.1) is 0 Å². The minimum absolute atomic E-state index is 0.00328. The molecule has 2 N–H and O–H groups in total. The van der Waals surface area contributed by atoms with Crippen molar-refractivity contribution in [2.24, 2.45) is 5.92 Å². The summed E-state index contributed by atoms with van der Waals surface area (Å²) in [5.74, 6) is -1.66. The number of amides is 2. The van der Waals surface area contributed by atoms with Crippen LogP contribution in [0.25, 0.3) is 0 Å². The van der Waals surface area contributed by atoms with Gasteiger partial charge in [0.2, 0.25) is 0 Å². The Bertz CT molecular complexity index is 617. The van der Waals surface area contributed by atoms with Crippen molar-refractivity contribution in [1.82, 2.24) is 10.2 Å². The number of rotatable bonds is 6. The predicted molar refractivity (Wildman–Crippen MR) is 84.2 cm³/mol. The molecule has 0 radical (unpaired) electrons. The van der Waals surface area contributed by atoms with Crippen LogP contribution in [0, 0.1) is 23.0 Å². The van der Waals surface area contributed by atoms with E-state index in [1.807, 2.05) is 0 Å². The number of carboxylic acids is 1. The molecule has 0 saturated carbocycles. The molecule has 0 bridgehead atoms. The lowest BCUT2D eigenvalue weighted by atomic mass is 10.0. The van der Waals surface area contributed by atoms with Crippen molar-refractivity contribution in [1.29, 1.82) is 0 Å². The molecule has 0 heterocycles. The van der Waals surface area contributed by atoms with E-state index in [4.69, 9.17) is 5.11 Å². The van der Waals surface area contributed by atoms with E-state index in [-0.39, 0.29) is 12.2 Å². The Hall–Kier alpha value is -2.64. The van der Waals surface area contributed by atoms with Crippen LogP contribution in [0.2, 0.25) is 0 Å². The number of benzene rings is 1. The number of nitro benzene ring substituents is 1. The van der Waals surface area contributed by atoms with Crippen molar-refractivity contribution in [3.05, 3.63) is 39.4 Å². The van der Waals surface area contributed by atoms with Gasteiger partial charge in [-0.05, 0) is 19.4 Å². The number of hydrogen-bond acceptors (Lipinski definition) is 4. The average molecular weight is 323 g/mol. The highest BCUT2D eigenvalue weighted by molar-refractivity contribution is 5.76. The number of nitrogens with one attached hydrogen (secondary N) is 1. The van der Waals surface area contributed by atoms with Gasteiger partial charge in [0.25, 0.3) is 5.69 Å². The number of carbonyl (C=O) groups excluding carboxylic acids is 1. The van der Waals surface area contributed by atoms with Crippen molar-refractivity contribution in [3.8, 4) is 0 Å². The number of hydrogen-bond donors (Lipinski definition) is 2. The van der Waals surface area contributed by atoms with Crippen LogP contribution in [-0.2, 0) is 4.79 Å². The number of carbonyl (C=O) groups is 2. The molecule has 0 aromatic heterocycles. The number of carboxylic acid groups (broad SMARTS) is 1. The normalized spacial score (nSPS) is 13.0. The predicted octanol–water partition coefficient (Wildman–Crippen LogP) is 2.33. The monoisotopic (exact) mass is 323 g/mol. The minimum Gasteiger partial charge on any atom is -0.481 e. The lowest BCUT2D eigenvalue weighted by molar-refractivity contribution is -0.385. The summed E-state index contributed by atoms with van der Waals surface area (Å²) >= 11 is 0. The Balaban J connectivity index is 2.77. The van der Waals surface area contributed by atoms with E-state index in [0.29, 0.717) is 11.1 Å². The zero-order valence-corrected chi connectivity index (χ0v) is 13.6. The number of nitro groups is 1. The first-order valence-corrected chi connectivity index (χ1v) is 7.12. The molecule has 0 aliphatic carbocycles. The number of urea groups is 1. The summed E-state index contributed by atoms with van der Waals surface area (Å²) in [4.78, 5) is 34.6. The van der Waals surface area contributed by atoms with Crippen LogP contribution in [-0.4, -0.2) is 40.5 Å². The van der Waals surface area contributed by atoms with E-state index in [9.17, 15) is 19.7 Å². The topological polar surface area (TPSA) is 113 Å². The Kier molecular flexibility index (Phi) is 6.06. The molecule has 0 aliphatic heterocycles. The molecule has 2 atom stereocenters. The SMILES string of the molecule is Cc1ccc(C(C)NC(=O)N(C)CC(C)C(=O)O)cc1[N+](=O)[O-]. The molecule has 0 spiro atoms. The van der Waals surface area contributed by atoms with Crippen LogP contribution in [0.4, 0.5) is 10.5 Å². The summed E-state index contributed by atoms with van der Waals surface area (Å²) in [7, 11) is 1.50. The van der Waals surface area contributed by atoms with Crippen molar-refractivity contribution in [2.45, 2.75) is 26.8 Å². The Morgan fingerprint density at radius 2 is 2.00 bits per heavy atom. The first-order valence-electron chi connectivity index (χ1n) is 7.12. The van der Waals surface area contributed by atoms with Gasteiger partial charge in [-0.1, -0.05) is 19.1 Å². The lowest BCUT2D eigenvalue weighted by Crippen LogP contribution is -2.41. The van der Waals surface area contributed by atoms with E-state index in [2.05, 4.69) is 5.32 Å². The quantitative estimate of drug-likeness (QED) is 0.616. The van der Waals surface area contributed by atoms with Gasteiger partial charge >= 0.3 is 12.0 Å². The maximum Gasteiger partial charge on any atom is 0.317 e. The zero-order chi connectivity index (χ0) is 17.7. The third kappa shape index (κ3) is 4.94. The highest BCUT2D eigenvalue weighted by Crippen LogP contribution is 2.23. The van der Waals surface area contributed by atoms with Crippen molar-refractivity contribution >= 4 is 17.7 Å². The molecule has 8 nitrogen and oxygen atoms in total. The number of aryl methyl sites for hydroxylation is 1. The fourth-order valence-corrected chi connectivity index (χ4v) is 2.04. The molecule has 0 fully saturated rings. The van der Waals surface area contributed by atoms with Crippen LogP contribution < -0.4 is 5.32 Å². The molecule has 1 aromatic rings. The van der Waals surface area contributed by atoms with Crippen LogP contribution in [0.15, 0.2) is 18.2 Å². The van der Waals surface area contributed by atoms with E-state index < -0.39 is 28.9 Å². The molecule has 2 amide bonds. The Morgan fingerprint density at radius 3 is 2.52 bits per heavy atom. The maximum atomic E-state index is 12.1. The van der Waals surface area contributed by atoms with Gasteiger partial charge in [-0.2, -0.15) is 0 Å². The summed E-state index contributed by atoms with van der Waals surface area (Å²) in [6, 6.07) is 3.90. The second-order valence-corrected chi connectivity index (χ2v) is 5.59. The number of nitrogens with zero attached hydrogens (tertiary/aromatic N) is 2. The summed E-state index contributed by atoms with van der Waals surface area (Å²) in [5.41, 5.74) is 1.15. The van der Waals surface area contributed by atoms with Crippen LogP contribution in [0.1, 0.15) is 31.0 Å². The van der Waals surface area contributed by atoms with E-state index in [1.165, 1.54) is 24.9 Å². The summed E-state index contributed by atoms with van der Waals surface area (Å²) < 4.78 is 0. The molecular weight excluding hydrogens is 302 g/mol. The second-order valence-electron chi connectivity index (χ2n) is 5.59. The Morgan fingerprint density at radius 1 is 1.39 bits per heavy atom. The fourth-order valence-electron chi connectivity index (χ4n) is 2.04. The second kappa shape index (κ2) is 7.57. The van der Waals surface area contributed by atoms with Gasteiger partial charge in [-0.3, -0.25) is 14.9 Å². The highest BCUT2D eigenvalue weighted by Gasteiger charge is 2.20.